The number of rotatable bonds is 10. The molecule has 0 fully saturated rings. The minimum absolute atomic E-state index is 0.271. The average molecular weight is 279 g/mol. The largest absolute Gasteiger partial charge is 0.504 e. The van der Waals surface area contributed by atoms with Gasteiger partial charge in [-0.1, -0.05) is 45.2 Å². The Hall–Kier alpha value is -1.22. The molecule has 1 aromatic rings. The Morgan fingerprint density at radius 3 is 2.60 bits per heavy atom. The molecule has 0 aromatic heterocycles. The highest BCUT2D eigenvalue weighted by atomic mass is 16.5. The van der Waals surface area contributed by atoms with Crippen molar-refractivity contribution in [1.82, 2.24) is 5.32 Å². The lowest BCUT2D eigenvalue weighted by molar-refractivity contribution is 0.315. The fraction of sp³-hybridized carbons (Fsp3) is 0.647. The first-order valence-electron chi connectivity index (χ1n) is 7.89. The summed E-state index contributed by atoms with van der Waals surface area (Å²) in [6.45, 7) is 7.63. The zero-order valence-electron chi connectivity index (χ0n) is 13.1. The number of unbranched alkanes of at least 4 members (excludes halogenated alkanes) is 1. The second-order valence-electron chi connectivity index (χ2n) is 5.21. The van der Waals surface area contributed by atoms with Gasteiger partial charge in [0.15, 0.2) is 11.5 Å². The molecule has 3 nitrogen and oxygen atoms in total. The molecule has 0 radical (unpaired) electrons. The molecule has 1 aromatic carbocycles. The number of benzene rings is 1. The molecule has 2 N–H and O–H groups in total. The van der Waals surface area contributed by atoms with Crippen LogP contribution in [0, 0.1) is 0 Å². The van der Waals surface area contributed by atoms with E-state index in [2.05, 4.69) is 19.2 Å². The normalized spacial score (nSPS) is 12.3. The first-order valence-corrected chi connectivity index (χ1v) is 7.89. The van der Waals surface area contributed by atoms with E-state index in [-0.39, 0.29) is 5.75 Å². The van der Waals surface area contributed by atoms with Crippen LogP contribution in [0.1, 0.15) is 58.4 Å². The van der Waals surface area contributed by atoms with Crippen LogP contribution in [0.4, 0.5) is 0 Å². The lowest BCUT2D eigenvalue weighted by atomic mass is 10.0. The summed E-state index contributed by atoms with van der Waals surface area (Å²) in [6.07, 6.45) is 6.06. The first-order chi connectivity index (χ1) is 9.72. The summed E-state index contributed by atoms with van der Waals surface area (Å²) < 4.78 is 5.42. The van der Waals surface area contributed by atoms with E-state index in [0.717, 1.165) is 5.56 Å². The van der Waals surface area contributed by atoms with Gasteiger partial charge in [0.1, 0.15) is 0 Å². The number of phenols is 1. The van der Waals surface area contributed by atoms with Crippen LogP contribution in [-0.4, -0.2) is 17.8 Å². The molecule has 1 unspecified atom stereocenters. The van der Waals surface area contributed by atoms with Crippen molar-refractivity contribution < 1.29 is 9.84 Å². The van der Waals surface area contributed by atoms with Crippen molar-refractivity contribution in [3.8, 4) is 11.5 Å². The van der Waals surface area contributed by atoms with Crippen molar-refractivity contribution >= 4 is 0 Å². The molecule has 0 aliphatic heterocycles. The zero-order chi connectivity index (χ0) is 14.8. The maximum atomic E-state index is 10.2. The van der Waals surface area contributed by atoms with Crippen LogP contribution in [0.5, 0.6) is 11.5 Å². The van der Waals surface area contributed by atoms with E-state index in [4.69, 9.17) is 4.74 Å². The van der Waals surface area contributed by atoms with Gasteiger partial charge in [-0.05, 0) is 25.8 Å². The average Bonchev–Trinajstić information content (AvgIpc) is 2.45. The Kier molecular flexibility index (Phi) is 8.12. The van der Waals surface area contributed by atoms with E-state index in [1.54, 1.807) is 0 Å². The Morgan fingerprint density at radius 2 is 1.95 bits per heavy atom. The van der Waals surface area contributed by atoms with Crippen LogP contribution in [0.15, 0.2) is 18.2 Å². The lowest BCUT2D eigenvalue weighted by Crippen LogP contribution is -2.28. The Labute approximate surface area is 123 Å². The number of ether oxygens (including phenoxy) is 1. The third-order valence-corrected chi connectivity index (χ3v) is 3.51. The molecule has 0 amide bonds. The Bertz CT molecular complexity index is 379. The minimum Gasteiger partial charge on any atom is -0.504 e. The van der Waals surface area contributed by atoms with Crippen molar-refractivity contribution in [2.45, 2.75) is 65.5 Å². The maximum Gasteiger partial charge on any atom is 0.162 e. The summed E-state index contributed by atoms with van der Waals surface area (Å²) in [5.41, 5.74) is 0.911. The second-order valence-corrected chi connectivity index (χ2v) is 5.21. The summed E-state index contributed by atoms with van der Waals surface area (Å²) in [5, 5.41) is 13.7. The molecule has 0 heterocycles. The van der Waals surface area contributed by atoms with Crippen LogP contribution in [-0.2, 0) is 6.54 Å². The summed E-state index contributed by atoms with van der Waals surface area (Å²) >= 11 is 0. The highest BCUT2D eigenvalue weighted by molar-refractivity contribution is 5.45. The molecule has 0 aliphatic rings. The summed E-state index contributed by atoms with van der Waals surface area (Å²) in [4.78, 5) is 0. The van der Waals surface area contributed by atoms with E-state index >= 15 is 0 Å². The van der Waals surface area contributed by atoms with Crippen LogP contribution < -0.4 is 10.1 Å². The number of hydrogen-bond donors (Lipinski definition) is 2. The predicted octanol–water partition coefficient (Wildman–Crippen LogP) is 4.24. The van der Waals surface area contributed by atoms with E-state index in [1.807, 2.05) is 25.1 Å². The molecule has 1 atom stereocenters. The van der Waals surface area contributed by atoms with Crippen LogP contribution in [0.2, 0.25) is 0 Å². The predicted molar refractivity (Wildman–Crippen MR) is 84.3 cm³/mol. The van der Waals surface area contributed by atoms with Crippen molar-refractivity contribution in [2.75, 3.05) is 6.61 Å². The van der Waals surface area contributed by atoms with Gasteiger partial charge in [-0.25, -0.2) is 0 Å². The minimum atomic E-state index is 0.271. The highest BCUT2D eigenvalue weighted by Crippen LogP contribution is 2.29. The van der Waals surface area contributed by atoms with Crippen molar-refractivity contribution in [1.29, 1.82) is 0 Å². The smallest absolute Gasteiger partial charge is 0.162 e. The monoisotopic (exact) mass is 279 g/mol. The number of hydrogen-bond acceptors (Lipinski definition) is 3. The standard InChI is InChI=1S/C17H29NO2/c1-4-7-11-15(9-5-2)18-13-14-10-8-12-16(17(14)19)20-6-3/h8,10,12,15,18-19H,4-7,9,11,13H2,1-3H3. The van der Waals surface area contributed by atoms with E-state index in [1.165, 1.54) is 32.1 Å². The molecule has 114 valence electrons. The van der Waals surface area contributed by atoms with Gasteiger partial charge in [-0.2, -0.15) is 0 Å². The van der Waals surface area contributed by atoms with Crippen LogP contribution in [0.3, 0.4) is 0 Å². The molecular formula is C17H29NO2. The zero-order valence-corrected chi connectivity index (χ0v) is 13.1. The van der Waals surface area contributed by atoms with Crippen molar-refractivity contribution in [2.24, 2.45) is 0 Å². The number of para-hydroxylation sites is 1. The topological polar surface area (TPSA) is 41.5 Å². The van der Waals surface area contributed by atoms with Gasteiger partial charge in [0.05, 0.1) is 6.61 Å². The molecule has 1 rings (SSSR count). The summed E-state index contributed by atoms with van der Waals surface area (Å²) in [7, 11) is 0. The fourth-order valence-electron chi connectivity index (χ4n) is 2.38. The molecule has 0 saturated carbocycles. The molecule has 20 heavy (non-hydrogen) atoms. The third kappa shape index (κ3) is 5.41. The van der Waals surface area contributed by atoms with Gasteiger partial charge < -0.3 is 15.2 Å². The number of phenolic OH excluding ortho intramolecular Hbond substituents is 1. The molecule has 0 aliphatic carbocycles. The first kappa shape index (κ1) is 16.8. The van der Waals surface area contributed by atoms with E-state index in [0.29, 0.717) is 24.9 Å². The van der Waals surface area contributed by atoms with Gasteiger partial charge in [-0.3, -0.25) is 0 Å². The van der Waals surface area contributed by atoms with Crippen molar-refractivity contribution in [3.63, 3.8) is 0 Å². The quantitative estimate of drug-likeness (QED) is 0.673. The van der Waals surface area contributed by atoms with E-state index < -0.39 is 0 Å². The fourth-order valence-corrected chi connectivity index (χ4v) is 2.38. The summed E-state index contributed by atoms with van der Waals surface area (Å²) in [6, 6.07) is 6.23. The van der Waals surface area contributed by atoms with Crippen LogP contribution >= 0.6 is 0 Å². The Morgan fingerprint density at radius 1 is 1.15 bits per heavy atom. The molecule has 0 spiro atoms. The van der Waals surface area contributed by atoms with Crippen molar-refractivity contribution in [3.05, 3.63) is 23.8 Å². The maximum absolute atomic E-state index is 10.2. The van der Waals surface area contributed by atoms with E-state index in [9.17, 15) is 5.11 Å². The van der Waals surface area contributed by atoms with Gasteiger partial charge in [0, 0.05) is 18.2 Å². The van der Waals surface area contributed by atoms with Gasteiger partial charge in [0.25, 0.3) is 0 Å². The number of nitrogens with one attached hydrogen (secondary N) is 1. The summed E-state index contributed by atoms with van der Waals surface area (Å²) in [5.74, 6) is 0.847. The highest BCUT2D eigenvalue weighted by Gasteiger charge is 2.11. The molecule has 3 heteroatoms. The van der Waals surface area contributed by atoms with Crippen LogP contribution in [0.25, 0.3) is 0 Å². The number of aromatic hydroxyl groups is 1. The third-order valence-electron chi connectivity index (χ3n) is 3.51. The van der Waals surface area contributed by atoms with Gasteiger partial charge in [-0.15, -0.1) is 0 Å². The molecular weight excluding hydrogens is 250 g/mol. The second kappa shape index (κ2) is 9.65. The molecule has 0 saturated heterocycles. The lowest BCUT2D eigenvalue weighted by Gasteiger charge is -2.19. The SMILES string of the molecule is CCCCC(CCC)NCc1cccc(OCC)c1O. The van der Waals surface area contributed by atoms with Gasteiger partial charge in [0.2, 0.25) is 0 Å². The Balaban J connectivity index is 2.60. The molecule has 0 bridgehead atoms. The van der Waals surface area contributed by atoms with Gasteiger partial charge >= 0.3 is 0 Å².